The zero-order valence-electron chi connectivity index (χ0n) is 9.50. The number of likely N-dealkylation sites (N-methyl/N-ethyl adjacent to an activating group) is 1. The highest BCUT2D eigenvalue weighted by atomic mass is 32.1. The Labute approximate surface area is 109 Å². The lowest BCUT2D eigenvalue weighted by Gasteiger charge is -2.00. The average molecular weight is 263 g/mol. The number of nitrogens with zero attached hydrogens (tertiary/aromatic N) is 1. The van der Waals surface area contributed by atoms with E-state index in [1.54, 1.807) is 25.3 Å². The second-order valence-electron chi connectivity index (χ2n) is 3.85. The average Bonchev–Trinajstić information content (AvgIpc) is 2.91. The molecule has 0 radical (unpaired) electrons. The van der Waals surface area contributed by atoms with Crippen LogP contribution in [-0.2, 0) is 9.53 Å². The fourth-order valence-electron chi connectivity index (χ4n) is 1.70. The van der Waals surface area contributed by atoms with Crippen LogP contribution < -0.4 is 9.47 Å². The molecular formula is C12H9NO4S. The third kappa shape index (κ3) is 1.70. The number of benzene rings is 1. The molecule has 0 aliphatic carbocycles. The van der Waals surface area contributed by atoms with E-state index in [1.165, 1.54) is 4.90 Å². The Morgan fingerprint density at radius 3 is 2.83 bits per heavy atom. The van der Waals surface area contributed by atoms with E-state index in [4.69, 9.17) is 26.4 Å². The van der Waals surface area contributed by atoms with Gasteiger partial charge in [0.1, 0.15) is 0 Å². The Kier molecular flexibility index (Phi) is 2.45. The first-order valence-corrected chi connectivity index (χ1v) is 5.67. The minimum Gasteiger partial charge on any atom is -0.454 e. The Morgan fingerprint density at radius 1 is 1.33 bits per heavy atom. The molecule has 5 nitrogen and oxygen atoms in total. The number of rotatable bonds is 1. The van der Waals surface area contributed by atoms with Crippen molar-refractivity contribution in [2.24, 2.45) is 0 Å². The molecule has 1 fully saturated rings. The molecule has 0 N–H and O–H groups in total. The molecule has 1 aromatic carbocycles. The first kappa shape index (κ1) is 11.0. The zero-order valence-corrected chi connectivity index (χ0v) is 10.3. The topological polar surface area (TPSA) is 48.0 Å². The highest BCUT2D eigenvalue weighted by Crippen LogP contribution is 2.33. The van der Waals surface area contributed by atoms with E-state index in [-0.39, 0.29) is 23.6 Å². The molecule has 18 heavy (non-hydrogen) atoms. The molecular weight excluding hydrogens is 254 g/mol. The minimum absolute atomic E-state index is 0.159. The molecule has 2 aliphatic rings. The van der Waals surface area contributed by atoms with Crippen molar-refractivity contribution in [3.63, 3.8) is 0 Å². The van der Waals surface area contributed by atoms with Gasteiger partial charge in [-0.25, -0.2) is 0 Å². The fraction of sp³-hybridized carbons (Fsp3) is 0.167. The molecule has 2 heterocycles. The fourth-order valence-corrected chi connectivity index (χ4v) is 1.87. The standard InChI is InChI=1S/C12H9NO4S/c1-13-11(14)10(17-12(13)18)5-7-2-3-8-9(4-7)16-6-15-8/h2-5H,6H2,1H3. The summed E-state index contributed by atoms with van der Waals surface area (Å²) in [4.78, 5) is 13.0. The molecule has 1 amide bonds. The van der Waals surface area contributed by atoms with Crippen LogP contribution in [0.5, 0.6) is 11.5 Å². The van der Waals surface area contributed by atoms with Crippen molar-refractivity contribution >= 4 is 29.4 Å². The maximum Gasteiger partial charge on any atom is 0.296 e. The summed E-state index contributed by atoms with van der Waals surface area (Å²) >= 11 is 4.89. The van der Waals surface area contributed by atoms with Crippen LogP contribution in [0.1, 0.15) is 5.56 Å². The maximum absolute atomic E-state index is 11.7. The lowest BCUT2D eigenvalue weighted by Crippen LogP contribution is -2.22. The molecule has 0 aromatic heterocycles. The Hall–Kier alpha value is -2.08. The second-order valence-corrected chi connectivity index (χ2v) is 4.20. The normalized spacial score (nSPS) is 19.6. The third-order valence-corrected chi connectivity index (χ3v) is 3.04. The molecule has 0 bridgehead atoms. The second kappa shape index (κ2) is 3.99. The van der Waals surface area contributed by atoms with Gasteiger partial charge in [0.15, 0.2) is 17.3 Å². The molecule has 0 atom stereocenters. The first-order chi connectivity index (χ1) is 8.65. The van der Waals surface area contributed by atoms with Gasteiger partial charge in [-0.1, -0.05) is 6.07 Å². The van der Waals surface area contributed by atoms with Gasteiger partial charge in [0, 0.05) is 7.05 Å². The molecule has 2 aliphatic heterocycles. The van der Waals surface area contributed by atoms with Gasteiger partial charge in [-0.15, -0.1) is 0 Å². The molecule has 0 unspecified atom stereocenters. The van der Waals surface area contributed by atoms with Crippen LogP contribution >= 0.6 is 12.2 Å². The summed E-state index contributed by atoms with van der Waals surface area (Å²) in [6, 6.07) is 5.39. The minimum atomic E-state index is -0.252. The Bertz CT molecular complexity index is 581. The van der Waals surface area contributed by atoms with Crippen LogP contribution in [0.3, 0.4) is 0 Å². The molecule has 1 aromatic rings. The molecule has 6 heteroatoms. The van der Waals surface area contributed by atoms with Crippen LogP contribution in [0.15, 0.2) is 24.0 Å². The Morgan fingerprint density at radius 2 is 2.11 bits per heavy atom. The number of amides is 1. The SMILES string of the molecule is CN1C(=O)C(=Cc2ccc3c(c2)OCO3)OC1=S. The van der Waals surface area contributed by atoms with E-state index in [2.05, 4.69) is 0 Å². The highest BCUT2D eigenvalue weighted by molar-refractivity contribution is 7.80. The van der Waals surface area contributed by atoms with Crippen LogP contribution in [0.25, 0.3) is 6.08 Å². The van der Waals surface area contributed by atoms with Gasteiger partial charge >= 0.3 is 0 Å². The largest absolute Gasteiger partial charge is 0.454 e. The summed E-state index contributed by atoms with van der Waals surface area (Å²) < 4.78 is 15.7. The van der Waals surface area contributed by atoms with E-state index in [9.17, 15) is 4.79 Å². The van der Waals surface area contributed by atoms with Gasteiger partial charge in [0.05, 0.1) is 0 Å². The zero-order chi connectivity index (χ0) is 12.7. The van der Waals surface area contributed by atoms with E-state index in [0.29, 0.717) is 11.5 Å². The smallest absolute Gasteiger partial charge is 0.296 e. The number of fused-ring (bicyclic) bond motifs is 1. The number of hydrogen-bond acceptors (Lipinski definition) is 5. The molecule has 0 saturated carbocycles. The first-order valence-electron chi connectivity index (χ1n) is 5.26. The molecule has 3 rings (SSSR count). The summed E-state index contributed by atoms with van der Waals surface area (Å²) in [5, 5.41) is 0.159. The van der Waals surface area contributed by atoms with Crippen molar-refractivity contribution in [3.05, 3.63) is 29.5 Å². The predicted molar refractivity (Wildman–Crippen MR) is 67.0 cm³/mol. The molecule has 92 valence electrons. The van der Waals surface area contributed by atoms with Gasteiger partial charge in [0.25, 0.3) is 11.1 Å². The molecule has 1 saturated heterocycles. The van der Waals surface area contributed by atoms with E-state index < -0.39 is 0 Å². The Balaban J connectivity index is 1.93. The summed E-state index contributed by atoms with van der Waals surface area (Å²) in [5.74, 6) is 1.31. The van der Waals surface area contributed by atoms with Crippen molar-refractivity contribution in [2.75, 3.05) is 13.8 Å². The van der Waals surface area contributed by atoms with Gasteiger partial charge in [0.2, 0.25) is 6.79 Å². The lowest BCUT2D eigenvalue weighted by atomic mass is 10.2. The number of thiocarbonyl (C=S) groups is 1. The van der Waals surface area contributed by atoms with Crippen molar-refractivity contribution in [3.8, 4) is 11.5 Å². The van der Waals surface area contributed by atoms with Gasteiger partial charge in [-0.2, -0.15) is 0 Å². The van der Waals surface area contributed by atoms with E-state index in [0.717, 1.165) is 5.56 Å². The number of carbonyl (C=O) groups excluding carboxylic acids is 1. The van der Waals surface area contributed by atoms with Crippen molar-refractivity contribution in [1.29, 1.82) is 0 Å². The highest BCUT2D eigenvalue weighted by Gasteiger charge is 2.30. The van der Waals surface area contributed by atoms with Crippen molar-refractivity contribution < 1.29 is 19.0 Å². The van der Waals surface area contributed by atoms with Crippen LogP contribution in [0.4, 0.5) is 0 Å². The van der Waals surface area contributed by atoms with Gasteiger partial charge < -0.3 is 14.2 Å². The van der Waals surface area contributed by atoms with E-state index in [1.807, 2.05) is 6.07 Å². The summed E-state index contributed by atoms with van der Waals surface area (Å²) in [5.41, 5.74) is 0.792. The van der Waals surface area contributed by atoms with Crippen LogP contribution in [0.2, 0.25) is 0 Å². The quantitative estimate of drug-likeness (QED) is 0.568. The monoisotopic (exact) mass is 263 g/mol. The maximum atomic E-state index is 11.7. The van der Waals surface area contributed by atoms with Gasteiger partial charge in [-0.3, -0.25) is 9.69 Å². The van der Waals surface area contributed by atoms with Crippen molar-refractivity contribution in [2.45, 2.75) is 0 Å². The summed E-state index contributed by atoms with van der Waals surface area (Å²) in [7, 11) is 1.57. The number of hydrogen-bond donors (Lipinski definition) is 0. The predicted octanol–water partition coefficient (Wildman–Crippen LogP) is 1.53. The number of carbonyl (C=O) groups is 1. The van der Waals surface area contributed by atoms with Gasteiger partial charge in [-0.05, 0) is 36.0 Å². The molecule has 0 spiro atoms. The number of ether oxygens (including phenoxy) is 3. The summed E-state index contributed by atoms with van der Waals surface area (Å²) in [6.45, 7) is 0.220. The van der Waals surface area contributed by atoms with E-state index >= 15 is 0 Å². The lowest BCUT2D eigenvalue weighted by molar-refractivity contribution is -0.122. The summed E-state index contributed by atoms with van der Waals surface area (Å²) in [6.07, 6.45) is 1.63. The van der Waals surface area contributed by atoms with Crippen molar-refractivity contribution in [1.82, 2.24) is 4.90 Å². The van der Waals surface area contributed by atoms with Crippen LogP contribution in [0, 0.1) is 0 Å². The third-order valence-electron chi connectivity index (χ3n) is 2.68. The van der Waals surface area contributed by atoms with Crippen LogP contribution in [-0.4, -0.2) is 29.8 Å².